The summed E-state index contributed by atoms with van der Waals surface area (Å²) in [7, 11) is 1.64. The van der Waals surface area contributed by atoms with E-state index in [2.05, 4.69) is 5.16 Å². The molecule has 2 N–H and O–H groups in total. The van der Waals surface area contributed by atoms with Crippen molar-refractivity contribution in [2.75, 3.05) is 20.3 Å². The second-order valence-electron chi connectivity index (χ2n) is 3.38. The second-order valence-corrected chi connectivity index (χ2v) is 3.38. The van der Waals surface area contributed by atoms with E-state index in [4.69, 9.17) is 15.3 Å². The van der Waals surface area contributed by atoms with Crippen molar-refractivity contribution < 1.29 is 9.57 Å². The maximum Gasteiger partial charge on any atom is 0.118 e. The molecule has 0 spiro atoms. The standard InChI is InChI=1S/C12H18N2O2/c1-10(14-16-9-3-8-13)11-4-6-12(15-2)7-5-11/h4-7H,3,8-9,13H2,1-2H3/b14-10+. The second kappa shape index (κ2) is 6.85. The molecule has 0 heterocycles. The summed E-state index contributed by atoms with van der Waals surface area (Å²) in [6.45, 7) is 3.09. The molecule has 16 heavy (non-hydrogen) atoms. The van der Waals surface area contributed by atoms with E-state index in [0.29, 0.717) is 13.2 Å². The minimum atomic E-state index is 0.560. The van der Waals surface area contributed by atoms with Gasteiger partial charge in [-0.25, -0.2) is 0 Å². The fraction of sp³-hybridized carbons (Fsp3) is 0.417. The highest BCUT2D eigenvalue weighted by Gasteiger charge is 1.98. The zero-order chi connectivity index (χ0) is 11.8. The molecule has 4 nitrogen and oxygen atoms in total. The van der Waals surface area contributed by atoms with Crippen LogP contribution in [-0.2, 0) is 4.84 Å². The summed E-state index contributed by atoms with van der Waals surface area (Å²) in [5.74, 6) is 0.834. The fourth-order valence-corrected chi connectivity index (χ4v) is 1.18. The van der Waals surface area contributed by atoms with Gasteiger partial charge in [-0.2, -0.15) is 0 Å². The minimum Gasteiger partial charge on any atom is -0.497 e. The predicted molar refractivity (Wildman–Crippen MR) is 64.8 cm³/mol. The van der Waals surface area contributed by atoms with Crippen molar-refractivity contribution in [2.45, 2.75) is 13.3 Å². The first kappa shape index (κ1) is 12.5. The molecule has 0 atom stereocenters. The molecule has 0 radical (unpaired) electrons. The van der Waals surface area contributed by atoms with Gasteiger partial charge in [-0.05, 0) is 49.7 Å². The van der Waals surface area contributed by atoms with Crippen LogP contribution in [0, 0.1) is 0 Å². The van der Waals surface area contributed by atoms with E-state index in [0.717, 1.165) is 23.4 Å². The van der Waals surface area contributed by atoms with Crippen LogP contribution >= 0.6 is 0 Å². The van der Waals surface area contributed by atoms with Crippen LogP contribution in [0.25, 0.3) is 0 Å². The maximum absolute atomic E-state index is 5.35. The van der Waals surface area contributed by atoms with E-state index in [1.807, 2.05) is 31.2 Å². The molecule has 0 fully saturated rings. The summed E-state index contributed by atoms with van der Waals surface area (Å²) in [4.78, 5) is 5.12. The van der Waals surface area contributed by atoms with Gasteiger partial charge in [0.2, 0.25) is 0 Å². The van der Waals surface area contributed by atoms with Gasteiger partial charge in [0.1, 0.15) is 12.4 Å². The Morgan fingerprint density at radius 1 is 1.31 bits per heavy atom. The average molecular weight is 222 g/mol. The van der Waals surface area contributed by atoms with Gasteiger partial charge in [0, 0.05) is 0 Å². The van der Waals surface area contributed by atoms with Crippen molar-refractivity contribution in [2.24, 2.45) is 10.9 Å². The zero-order valence-electron chi connectivity index (χ0n) is 9.77. The number of methoxy groups -OCH3 is 1. The number of oxime groups is 1. The molecule has 0 aromatic heterocycles. The zero-order valence-corrected chi connectivity index (χ0v) is 9.77. The van der Waals surface area contributed by atoms with E-state index in [1.165, 1.54) is 0 Å². The summed E-state index contributed by atoms with van der Waals surface area (Å²) < 4.78 is 5.08. The SMILES string of the molecule is COc1ccc(/C(C)=N/OCCCN)cc1. The summed E-state index contributed by atoms with van der Waals surface area (Å²) in [5, 5.41) is 4.01. The van der Waals surface area contributed by atoms with Crippen LogP contribution in [0.3, 0.4) is 0 Å². The highest BCUT2D eigenvalue weighted by Crippen LogP contribution is 2.12. The maximum atomic E-state index is 5.35. The number of benzene rings is 1. The van der Waals surface area contributed by atoms with Crippen molar-refractivity contribution in [3.63, 3.8) is 0 Å². The lowest BCUT2D eigenvalue weighted by atomic mass is 10.1. The lowest BCUT2D eigenvalue weighted by Crippen LogP contribution is -2.03. The number of hydrogen-bond acceptors (Lipinski definition) is 4. The van der Waals surface area contributed by atoms with Crippen LogP contribution in [0.2, 0.25) is 0 Å². The first-order valence-electron chi connectivity index (χ1n) is 5.29. The number of nitrogens with zero attached hydrogens (tertiary/aromatic N) is 1. The Morgan fingerprint density at radius 3 is 2.56 bits per heavy atom. The third kappa shape index (κ3) is 3.90. The molecular formula is C12H18N2O2. The lowest BCUT2D eigenvalue weighted by Gasteiger charge is -2.03. The van der Waals surface area contributed by atoms with Crippen molar-refractivity contribution >= 4 is 5.71 Å². The minimum absolute atomic E-state index is 0.560. The van der Waals surface area contributed by atoms with Crippen LogP contribution in [0.1, 0.15) is 18.9 Å². The molecule has 1 aromatic carbocycles. The van der Waals surface area contributed by atoms with Gasteiger partial charge in [-0.15, -0.1) is 0 Å². The Labute approximate surface area is 96.0 Å². The van der Waals surface area contributed by atoms with Gasteiger partial charge < -0.3 is 15.3 Å². The smallest absolute Gasteiger partial charge is 0.118 e. The van der Waals surface area contributed by atoms with Gasteiger partial charge in [0.25, 0.3) is 0 Å². The first-order valence-corrected chi connectivity index (χ1v) is 5.29. The van der Waals surface area contributed by atoms with Crippen molar-refractivity contribution in [3.8, 4) is 5.75 Å². The summed E-state index contributed by atoms with van der Waals surface area (Å²) in [6, 6.07) is 7.69. The van der Waals surface area contributed by atoms with Crippen molar-refractivity contribution in [1.29, 1.82) is 0 Å². The van der Waals surface area contributed by atoms with Crippen molar-refractivity contribution in [3.05, 3.63) is 29.8 Å². The Bertz CT molecular complexity index is 333. The monoisotopic (exact) mass is 222 g/mol. The third-order valence-electron chi connectivity index (χ3n) is 2.15. The number of rotatable bonds is 6. The van der Waals surface area contributed by atoms with Gasteiger partial charge in [0.05, 0.1) is 12.8 Å². The first-order chi connectivity index (χ1) is 7.77. The van der Waals surface area contributed by atoms with E-state index in [1.54, 1.807) is 7.11 Å². The van der Waals surface area contributed by atoms with Gasteiger partial charge in [0.15, 0.2) is 0 Å². The van der Waals surface area contributed by atoms with Crippen LogP contribution in [-0.4, -0.2) is 26.0 Å². The van der Waals surface area contributed by atoms with E-state index in [9.17, 15) is 0 Å². The molecule has 1 aromatic rings. The van der Waals surface area contributed by atoms with Crippen LogP contribution < -0.4 is 10.5 Å². The topological polar surface area (TPSA) is 56.8 Å². The number of hydrogen-bond donors (Lipinski definition) is 1. The Hall–Kier alpha value is -1.55. The van der Waals surface area contributed by atoms with Gasteiger partial charge in [-0.1, -0.05) is 5.16 Å². The molecule has 0 bridgehead atoms. The molecule has 88 valence electrons. The molecule has 0 aliphatic heterocycles. The molecule has 0 aliphatic rings. The van der Waals surface area contributed by atoms with Crippen LogP contribution in [0.4, 0.5) is 0 Å². The molecule has 0 unspecified atom stereocenters. The Kier molecular flexibility index (Phi) is 5.36. The normalized spacial score (nSPS) is 11.3. The fourth-order valence-electron chi connectivity index (χ4n) is 1.18. The molecule has 0 aliphatic carbocycles. The summed E-state index contributed by atoms with van der Waals surface area (Å²) >= 11 is 0. The van der Waals surface area contributed by atoms with E-state index in [-0.39, 0.29) is 0 Å². The van der Waals surface area contributed by atoms with Crippen LogP contribution in [0.5, 0.6) is 5.75 Å². The predicted octanol–water partition coefficient (Wildman–Crippen LogP) is 1.78. The molecule has 0 amide bonds. The average Bonchev–Trinajstić information content (AvgIpc) is 2.34. The Morgan fingerprint density at radius 2 is 2.00 bits per heavy atom. The lowest BCUT2D eigenvalue weighted by molar-refractivity contribution is 0.143. The van der Waals surface area contributed by atoms with E-state index >= 15 is 0 Å². The highest BCUT2D eigenvalue weighted by molar-refractivity contribution is 5.98. The van der Waals surface area contributed by atoms with Crippen molar-refractivity contribution in [1.82, 2.24) is 0 Å². The summed E-state index contributed by atoms with van der Waals surface area (Å²) in [5.41, 5.74) is 7.21. The van der Waals surface area contributed by atoms with Crippen LogP contribution in [0.15, 0.2) is 29.4 Å². The Balaban J connectivity index is 2.54. The quantitative estimate of drug-likeness (QED) is 0.453. The number of ether oxygens (including phenoxy) is 1. The number of nitrogens with two attached hydrogens (primary N) is 1. The summed E-state index contributed by atoms with van der Waals surface area (Å²) in [6.07, 6.45) is 0.819. The third-order valence-corrected chi connectivity index (χ3v) is 2.15. The molecular weight excluding hydrogens is 204 g/mol. The van der Waals surface area contributed by atoms with Gasteiger partial charge >= 0.3 is 0 Å². The molecule has 0 saturated carbocycles. The highest BCUT2D eigenvalue weighted by atomic mass is 16.6. The van der Waals surface area contributed by atoms with Gasteiger partial charge in [-0.3, -0.25) is 0 Å². The largest absolute Gasteiger partial charge is 0.497 e. The molecule has 1 rings (SSSR count). The molecule has 0 saturated heterocycles. The molecule has 4 heteroatoms. The van der Waals surface area contributed by atoms with E-state index < -0.39 is 0 Å².